The highest BCUT2D eigenvalue weighted by atomic mass is 32.1. The number of rotatable bonds is 3. The van der Waals surface area contributed by atoms with E-state index in [0.29, 0.717) is 0 Å². The van der Waals surface area contributed by atoms with Crippen molar-refractivity contribution in [2.75, 3.05) is 5.32 Å². The van der Waals surface area contributed by atoms with E-state index in [9.17, 15) is 4.79 Å². The zero-order valence-electron chi connectivity index (χ0n) is 14.1. The van der Waals surface area contributed by atoms with E-state index < -0.39 is 0 Å². The summed E-state index contributed by atoms with van der Waals surface area (Å²) in [5, 5.41) is 4.14. The van der Waals surface area contributed by atoms with E-state index in [2.05, 4.69) is 23.5 Å². The van der Waals surface area contributed by atoms with E-state index in [1.165, 1.54) is 10.3 Å². The molecule has 0 radical (unpaired) electrons. The normalized spacial score (nSPS) is 19.9. The summed E-state index contributed by atoms with van der Waals surface area (Å²) in [5.74, 6) is 0.150. The molecule has 2 atom stereocenters. The molecule has 0 saturated carbocycles. The first-order valence-electron chi connectivity index (χ1n) is 8.59. The highest BCUT2D eigenvalue weighted by molar-refractivity contribution is 7.18. The highest BCUT2D eigenvalue weighted by Crippen LogP contribution is 2.39. The number of allylic oxidation sites excluding steroid dienone is 2. The summed E-state index contributed by atoms with van der Waals surface area (Å²) in [6.07, 6.45) is 5.92. The number of para-hydroxylation sites is 1. The molecule has 1 N–H and O–H groups in total. The molecule has 1 heterocycles. The van der Waals surface area contributed by atoms with Gasteiger partial charge in [0.25, 0.3) is 0 Å². The predicted octanol–water partition coefficient (Wildman–Crippen LogP) is 5.29. The van der Waals surface area contributed by atoms with E-state index in [-0.39, 0.29) is 17.7 Å². The molecule has 1 aromatic heterocycles. The van der Waals surface area contributed by atoms with Crippen molar-refractivity contribution in [3.05, 3.63) is 71.3 Å². The molecule has 3 nitrogen and oxygen atoms in total. The number of carbonyl (C=O) groups is 1. The Morgan fingerprint density at radius 2 is 1.84 bits per heavy atom. The van der Waals surface area contributed by atoms with Crippen molar-refractivity contribution in [3.63, 3.8) is 0 Å². The summed E-state index contributed by atoms with van der Waals surface area (Å²) < 4.78 is 1.18. The molecule has 1 aliphatic carbocycles. The lowest BCUT2D eigenvalue weighted by atomic mass is 9.82. The summed E-state index contributed by atoms with van der Waals surface area (Å²) in [4.78, 5) is 17.7. The van der Waals surface area contributed by atoms with Gasteiger partial charge in [0.2, 0.25) is 5.91 Å². The van der Waals surface area contributed by atoms with Crippen LogP contribution >= 0.6 is 11.3 Å². The molecule has 3 aromatic rings. The predicted molar refractivity (Wildman–Crippen MR) is 104 cm³/mol. The molecule has 2 aromatic carbocycles. The number of hydrogen-bond acceptors (Lipinski definition) is 3. The molecule has 1 aliphatic rings. The van der Waals surface area contributed by atoms with E-state index >= 15 is 0 Å². The average Bonchev–Trinajstić information content (AvgIpc) is 3.07. The summed E-state index contributed by atoms with van der Waals surface area (Å²) in [7, 11) is 0. The van der Waals surface area contributed by atoms with Crippen LogP contribution in [0, 0.1) is 12.8 Å². The van der Waals surface area contributed by atoms with Gasteiger partial charge in [-0.15, -0.1) is 11.3 Å². The molecule has 0 spiro atoms. The van der Waals surface area contributed by atoms with Crippen LogP contribution in [0.4, 0.5) is 5.69 Å². The smallest absolute Gasteiger partial charge is 0.228 e. The summed E-state index contributed by atoms with van der Waals surface area (Å²) in [6, 6.07) is 16.1. The first-order valence-corrected chi connectivity index (χ1v) is 9.40. The van der Waals surface area contributed by atoms with Crippen LogP contribution in [0.15, 0.2) is 60.7 Å². The van der Waals surface area contributed by atoms with Crippen LogP contribution in [0.1, 0.15) is 29.3 Å². The molecule has 0 aliphatic heterocycles. The van der Waals surface area contributed by atoms with Crippen LogP contribution in [-0.4, -0.2) is 10.9 Å². The van der Waals surface area contributed by atoms with E-state index in [0.717, 1.165) is 29.1 Å². The van der Waals surface area contributed by atoms with Crippen LogP contribution in [0.2, 0.25) is 0 Å². The maximum Gasteiger partial charge on any atom is 0.228 e. The lowest BCUT2D eigenvalue weighted by Gasteiger charge is -2.26. The van der Waals surface area contributed by atoms with Crippen molar-refractivity contribution in [2.45, 2.75) is 25.7 Å². The highest BCUT2D eigenvalue weighted by Gasteiger charge is 2.32. The van der Waals surface area contributed by atoms with Crippen molar-refractivity contribution in [2.24, 2.45) is 5.92 Å². The molecule has 4 heteroatoms. The van der Waals surface area contributed by atoms with Crippen LogP contribution in [0.3, 0.4) is 0 Å². The number of hydrogen-bond donors (Lipinski definition) is 1. The van der Waals surface area contributed by atoms with Gasteiger partial charge >= 0.3 is 0 Å². The molecule has 4 rings (SSSR count). The fraction of sp³-hybridized carbons (Fsp3) is 0.238. The number of aromatic nitrogens is 1. The minimum atomic E-state index is -0.0770. The van der Waals surface area contributed by atoms with Crippen molar-refractivity contribution in [1.29, 1.82) is 0 Å². The quantitative estimate of drug-likeness (QED) is 0.653. The second-order valence-corrected chi connectivity index (χ2v) is 7.59. The topological polar surface area (TPSA) is 42.0 Å². The second-order valence-electron chi connectivity index (χ2n) is 6.53. The van der Waals surface area contributed by atoms with Gasteiger partial charge in [0, 0.05) is 11.6 Å². The Hall–Kier alpha value is -2.46. The Balaban J connectivity index is 1.59. The molecule has 1 amide bonds. The van der Waals surface area contributed by atoms with Gasteiger partial charge in [-0.25, -0.2) is 4.98 Å². The number of benzene rings is 2. The fourth-order valence-corrected chi connectivity index (χ4v) is 4.44. The lowest BCUT2D eigenvalue weighted by molar-refractivity contribution is -0.120. The third kappa shape index (κ3) is 3.35. The summed E-state index contributed by atoms with van der Waals surface area (Å²) in [6.45, 7) is 2.04. The number of nitrogens with one attached hydrogen (secondary N) is 1. The van der Waals surface area contributed by atoms with Crippen LogP contribution in [-0.2, 0) is 4.79 Å². The van der Waals surface area contributed by atoms with E-state index in [4.69, 9.17) is 4.98 Å². The average molecular weight is 348 g/mol. The maximum absolute atomic E-state index is 12.9. The first kappa shape index (κ1) is 16.0. The molecule has 0 fully saturated rings. The number of nitrogens with zero attached hydrogens (tertiary/aromatic N) is 1. The second kappa shape index (κ2) is 6.81. The maximum atomic E-state index is 12.9. The standard InChI is InChI=1S/C21H20N2OS/c1-14-10-12-15(13-11-14)22-20(24)16-6-2-3-7-17(16)21-23-18-8-4-5-9-19(18)25-21/h2-5,8-13,16-17H,6-7H2,1H3,(H,22,24)/t16-,17+/m0/s1. The molecule has 0 unspecified atom stereocenters. The minimum absolute atomic E-state index is 0.0770. The number of fused-ring (bicyclic) bond motifs is 1. The molecule has 25 heavy (non-hydrogen) atoms. The Kier molecular flexibility index (Phi) is 4.36. The number of anilines is 1. The molecular weight excluding hydrogens is 328 g/mol. The number of aryl methyl sites for hydroxylation is 1. The Morgan fingerprint density at radius 1 is 1.08 bits per heavy atom. The zero-order valence-corrected chi connectivity index (χ0v) is 14.9. The van der Waals surface area contributed by atoms with Crippen LogP contribution in [0.25, 0.3) is 10.2 Å². The van der Waals surface area contributed by atoms with Gasteiger partial charge in [-0.2, -0.15) is 0 Å². The van der Waals surface area contributed by atoms with Crippen LogP contribution < -0.4 is 5.32 Å². The molecule has 0 bridgehead atoms. The van der Waals surface area contributed by atoms with Gasteiger partial charge in [0.15, 0.2) is 0 Å². The van der Waals surface area contributed by atoms with Crippen molar-refractivity contribution < 1.29 is 4.79 Å². The molecule has 0 saturated heterocycles. The van der Waals surface area contributed by atoms with Crippen molar-refractivity contribution in [3.8, 4) is 0 Å². The molecular formula is C21H20N2OS. The Labute approximate surface area is 151 Å². The summed E-state index contributed by atoms with van der Waals surface area (Å²) >= 11 is 1.71. The fourth-order valence-electron chi connectivity index (χ4n) is 3.30. The van der Waals surface area contributed by atoms with Crippen molar-refractivity contribution in [1.82, 2.24) is 4.98 Å². The monoisotopic (exact) mass is 348 g/mol. The van der Waals surface area contributed by atoms with Gasteiger partial charge in [0.05, 0.1) is 21.1 Å². The summed E-state index contributed by atoms with van der Waals surface area (Å²) in [5.41, 5.74) is 3.06. The SMILES string of the molecule is Cc1ccc(NC(=O)[C@H]2CC=CC[C@H]2c2nc3ccccc3s2)cc1. The zero-order chi connectivity index (χ0) is 17.2. The van der Waals surface area contributed by atoms with Gasteiger partial charge in [-0.1, -0.05) is 42.0 Å². The lowest BCUT2D eigenvalue weighted by Crippen LogP contribution is -2.29. The third-order valence-corrected chi connectivity index (χ3v) is 5.88. The molecule has 126 valence electrons. The first-order chi connectivity index (χ1) is 12.2. The minimum Gasteiger partial charge on any atom is -0.326 e. The van der Waals surface area contributed by atoms with E-state index in [1.54, 1.807) is 11.3 Å². The van der Waals surface area contributed by atoms with Gasteiger partial charge < -0.3 is 5.32 Å². The van der Waals surface area contributed by atoms with Crippen LogP contribution in [0.5, 0.6) is 0 Å². The third-order valence-electron chi connectivity index (χ3n) is 4.72. The number of carbonyl (C=O) groups excluding carboxylic acids is 1. The van der Waals surface area contributed by atoms with Gasteiger partial charge in [-0.05, 0) is 44.0 Å². The van der Waals surface area contributed by atoms with Gasteiger partial charge in [-0.3, -0.25) is 4.79 Å². The Bertz CT molecular complexity index is 893. The van der Waals surface area contributed by atoms with Gasteiger partial charge in [0.1, 0.15) is 0 Å². The largest absolute Gasteiger partial charge is 0.326 e. The number of thiazole rings is 1. The van der Waals surface area contributed by atoms with Crippen molar-refractivity contribution >= 4 is 33.1 Å². The number of amides is 1. The Morgan fingerprint density at radius 3 is 2.64 bits per heavy atom. The van der Waals surface area contributed by atoms with E-state index in [1.807, 2.05) is 49.4 Å².